The van der Waals surface area contributed by atoms with Crippen molar-refractivity contribution in [2.24, 2.45) is 0 Å². The largest absolute Gasteiger partial charge is 0.459 e. The Bertz CT molecular complexity index is 666. The summed E-state index contributed by atoms with van der Waals surface area (Å²) in [7, 11) is 0. The van der Waals surface area contributed by atoms with E-state index in [-0.39, 0.29) is 17.6 Å². The molecule has 1 aromatic heterocycles. The van der Waals surface area contributed by atoms with E-state index in [1.807, 2.05) is 13.8 Å². The fourth-order valence-corrected chi connectivity index (χ4v) is 2.03. The zero-order chi connectivity index (χ0) is 16.7. The summed E-state index contributed by atoms with van der Waals surface area (Å²) in [6, 6.07) is 8.44. The van der Waals surface area contributed by atoms with E-state index in [4.69, 9.17) is 4.42 Å². The molecule has 0 saturated heterocycles. The van der Waals surface area contributed by atoms with Gasteiger partial charge in [0.25, 0.3) is 11.8 Å². The van der Waals surface area contributed by atoms with Gasteiger partial charge >= 0.3 is 0 Å². The molecule has 0 aliphatic rings. The Kier molecular flexibility index (Phi) is 5.94. The van der Waals surface area contributed by atoms with Crippen molar-refractivity contribution in [3.8, 4) is 0 Å². The molecule has 1 aromatic carbocycles. The monoisotopic (exact) mass is 315 g/mol. The first-order valence-corrected chi connectivity index (χ1v) is 7.56. The summed E-state index contributed by atoms with van der Waals surface area (Å²) in [6.45, 7) is 6.01. The molecule has 2 aromatic rings. The van der Waals surface area contributed by atoms with Crippen LogP contribution in [0.2, 0.25) is 0 Å². The summed E-state index contributed by atoms with van der Waals surface area (Å²) < 4.78 is 5.06. The van der Waals surface area contributed by atoms with Gasteiger partial charge < -0.3 is 20.4 Å². The van der Waals surface area contributed by atoms with Crippen molar-refractivity contribution in [1.82, 2.24) is 10.6 Å². The molecule has 0 saturated carbocycles. The van der Waals surface area contributed by atoms with E-state index in [9.17, 15) is 9.59 Å². The van der Waals surface area contributed by atoms with Crippen molar-refractivity contribution >= 4 is 17.5 Å². The fraction of sp³-hybridized carbons (Fsp3) is 0.294. The summed E-state index contributed by atoms with van der Waals surface area (Å²) in [6.07, 6.45) is 1.44. The standard InChI is InChI=1S/C17H21N3O3/c1-3-18-8-9-19-16(21)13-7-6-12(2)14(11-13)20-17(22)15-5-4-10-23-15/h4-7,10-11,18H,3,8-9H2,1-2H3,(H,19,21)(H,20,22). The zero-order valence-electron chi connectivity index (χ0n) is 13.3. The Labute approximate surface area is 135 Å². The first-order valence-electron chi connectivity index (χ1n) is 7.56. The maximum atomic E-state index is 12.1. The number of benzene rings is 1. The Hall–Kier alpha value is -2.60. The van der Waals surface area contributed by atoms with Crippen LogP contribution < -0.4 is 16.0 Å². The van der Waals surface area contributed by atoms with Crippen molar-refractivity contribution in [1.29, 1.82) is 0 Å². The summed E-state index contributed by atoms with van der Waals surface area (Å²) in [4.78, 5) is 24.2. The summed E-state index contributed by atoms with van der Waals surface area (Å²) in [5.74, 6) is -0.288. The minimum absolute atomic E-state index is 0.170. The van der Waals surface area contributed by atoms with Gasteiger partial charge in [-0.1, -0.05) is 13.0 Å². The van der Waals surface area contributed by atoms with Crippen LogP contribution in [0.15, 0.2) is 41.0 Å². The maximum absolute atomic E-state index is 12.1. The highest BCUT2D eigenvalue weighted by Gasteiger charge is 2.12. The molecule has 2 amide bonds. The van der Waals surface area contributed by atoms with Crippen molar-refractivity contribution in [2.45, 2.75) is 13.8 Å². The van der Waals surface area contributed by atoms with E-state index in [0.717, 1.165) is 18.7 Å². The van der Waals surface area contributed by atoms with Gasteiger partial charge in [0.2, 0.25) is 0 Å². The molecule has 0 unspecified atom stereocenters. The topological polar surface area (TPSA) is 83.4 Å². The van der Waals surface area contributed by atoms with Crippen molar-refractivity contribution in [2.75, 3.05) is 25.0 Å². The highest BCUT2D eigenvalue weighted by Crippen LogP contribution is 2.18. The van der Waals surface area contributed by atoms with E-state index in [1.54, 1.807) is 30.3 Å². The van der Waals surface area contributed by atoms with Gasteiger partial charge in [-0.3, -0.25) is 9.59 Å². The van der Waals surface area contributed by atoms with Gasteiger partial charge in [-0.2, -0.15) is 0 Å². The lowest BCUT2D eigenvalue weighted by atomic mass is 10.1. The third-order valence-electron chi connectivity index (χ3n) is 3.33. The maximum Gasteiger partial charge on any atom is 0.291 e. The fourth-order valence-electron chi connectivity index (χ4n) is 2.03. The first kappa shape index (κ1) is 16.8. The second kappa shape index (κ2) is 8.14. The molecule has 0 aliphatic heterocycles. The molecule has 0 radical (unpaired) electrons. The number of hydrogen-bond donors (Lipinski definition) is 3. The van der Waals surface area contributed by atoms with Crippen LogP contribution in [0.5, 0.6) is 0 Å². The normalized spacial score (nSPS) is 10.3. The van der Waals surface area contributed by atoms with E-state index < -0.39 is 0 Å². The molecule has 23 heavy (non-hydrogen) atoms. The second-order valence-corrected chi connectivity index (χ2v) is 5.07. The average Bonchev–Trinajstić information content (AvgIpc) is 3.08. The van der Waals surface area contributed by atoms with Gasteiger partial charge in [-0.15, -0.1) is 0 Å². The third kappa shape index (κ3) is 4.69. The Morgan fingerprint density at radius 3 is 2.65 bits per heavy atom. The van der Waals surface area contributed by atoms with Crippen LogP contribution >= 0.6 is 0 Å². The number of carbonyl (C=O) groups excluding carboxylic acids is 2. The first-order chi connectivity index (χ1) is 11.1. The molecular formula is C17H21N3O3. The lowest BCUT2D eigenvalue weighted by Crippen LogP contribution is -2.31. The summed E-state index contributed by atoms with van der Waals surface area (Å²) >= 11 is 0. The molecule has 0 fully saturated rings. The van der Waals surface area contributed by atoms with E-state index in [1.165, 1.54) is 6.26 Å². The number of hydrogen-bond acceptors (Lipinski definition) is 4. The minimum Gasteiger partial charge on any atom is -0.459 e. The lowest BCUT2D eigenvalue weighted by molar-refractivity contribution is 0.0951. The molecule has 6 heteroatoms. The average molecular weight is 315 g/mol. The van der Waals surface area contributed by atoms with Crippen LogP contribution in [0.3, 0.4) is 0 Å². The molecule has 3 N–H and O–H groups in total. The Balaban J connectivity index is 2.03. The Morgan fingerprint density at radius 1 is 1.13 bits per heavy atom. The molecule has 1 heterocycles. The molecule has 122 valence electrons. The predicted molar refractivity (Wildman–Crippen MR) is 88.7 cm³/mol. The van der Waals surface area contributed by atoms with Crippen LogP contribution in [0.4, 0.5) is 5.69 Å². The SMILES string of the molecule is CCNCCNC(=O)c1ccc(C)c(NC(=O)c2ccco2)c1. The van der Waals surface area contributed by atoms with Crippen LogP contribution in [0.25, 0.3) is 0 Å². The molecule has 0 spiro atoms. The highest BCUT2D eigenvalue weighted by atomic mass is 16.3. The quantitative estimate of drug-likeness (QED) is 0.684. The van der Waals surface area contributed by atoms with Crippen molar-refractivity contribution in [3.63, 3.8) is 0 Å². The van der Waals surface area contributed by atoms with Gasteiger partial charge in [0.1, 0.15) is 0 Å². The van der Waals surface area contributed by atoms with Gasteiger partial charge in [0.05, 0.1) is 6.26 Å². The van der Waals surface area contributed by atoms with Gasteiger partial charge in [0.15, 0.2) is 5.76 Å². The smallest absolute Gasteiger partial charge is 0.291 e. The number of anilines is 1. The van der Waals surface area contributed by atoms with Crippen molar-refractivity contribution in [3.05, 3.63) is 53.5 Å². The van der Waals surface area contributed by atoms with E-state index >= 15 is 0 Å². The highest BCUT2D eigenvalue weighted by molar-refractivity contribution is 6.03. The van der Waals surface area contributed by atoms with E-state index in [0.29, 0.717) is 17.8 Å². The van der Waals surface area contributed by atoms with Gasteiger partial charge in [0, 0.05) is 24.3 Å². The molecule has 2 rings (SSSR count). The third-order valence-corrected chi connectivity index (χ3v) is 3.33. The Morgan fingerprint density at radius 2 is 1.96 bits per heavy atom. The molecule has 0 bridgehead atoms. The number of rotatable bonds is 7. The second-order valence-electron chi connectivity index (χ2n) is 5.07. The molecule has 0 aliphatic carbocycles. The molecular weight excluding hydrogens is 294 g/mol. The minimum atomic E-state index is -0.345. The van der Waals surface area contributed by atoms with Crippen LogP contribution in [0, 0.1) is 6.92 Å². The summed E-state index contributed by atoms with van der Waals surface area (Å²) in [5.41, 5.74) is 1.96. The van der Waals surface area contributed by atoms with Gasteiger partial charge in [-0.05, 0) is 43.3 Å². The number of likely N-dealkylation sites (N-methyl/N-ethyl adjacent to an activating group) is 1. The number of furan rings is 1. The number of aryl methyl sites for hydroxylation is 1. The van der Waals surface area contributed by atoms with E-state index in [2.05, 4.69) is 16.0 Å². The number of carbonyl (C=O) groups is 2. The molecule has 6 nitrogen and oxygen atoms in total. The zero-order valence-corrected chi connectivity index (χ0v) is 13.3. The van der Waals surface area contributed by atoms with Crippen molar-refractivity contribution < 1.29 is 14.0 Å². The van der Waals surface area contributed by atoms with Gasteiger partial charge in [-0.25, -0.2) is 0 Å². The van der Waals surface area contributed by atoms with Crippen LogP contribution in [-0.2, 0) is 0 Å². The van der Waals surface area contributed by atoms with Crippen LogP contribution in [0.1, 0.15) is 33.4 Å². The number of nitrogens with one attached hydrogen (secondary N) is 3. The van der Waals surface area contributed by atoms with Crippen LogP contribution in [-0.4, -0.2) is 31.4 Å². The molecule has 0 atom stereocenters. The lowest BCUT2D eigenvalue weighted by Gasteiger charge is -2.10. The summed E-state index contributed by atoms with van der Waals surface area (Å²) in [5, 5.41) is 8.72. The predicted octanol–water partition coefficient (Wildman–Crippen LogP) is 2.18. The number of amides is 2.